The number of hydrogen-bond donors (Lipinski definition) is 3. The van der Waals surface area contributed by atoms with Crippen molar-refractivity contribution in [3.05, 3.63) is 80.2 Å². The maximum Gasteiger partial charge on any atom is 0.261 e. The number of pyridine rings is 1. The SMILES string of the molecule is CCNSNc1ccc(Oc2c(C)cc(F)cc2C)c(-n2cc(C)c(=O)c3sc(C(=O)NCC)cc32)c1. The number of halogens is 1. The molecule has 3 N–H and O–H groups in total. The van der Waals surface area contributed by atoms with E-state index >= 15 is 0 Å². The first kappa shape index (κ1) is 26.7. The van der Waals surface area contributed by atoms with Crippen molar-refractivity contribution >= 4 is 45.3 Å². The average Bonchev–Trinajstić information content (AvgIpc) is 3.31. The maximum absolute atomic E-state index is 13.9. The van der Waals surface area contributed by atoms with Gasteiger partial charge >= 0.3 is 0 Å². The van der Waals surface area contributed by atoms with Gasteiger partial charge in [-0.05, 0) is 75.2 Å². The topological polar surface area (TPSA) is 84.4 Å². The van der Waals surface area contributed by atoms with Crippen molar-refractivity contribution in [1.82, 2.24) is 14.6 Å². The lowest BCUT2D eigenvalue weighted by atomic mass is 10.1. The molecule has 1 amide bonds. The summed E-state index contributed by atoms with van der Waals surface area (Å²) in [5.41, 5.74) is 3.85. The molecule has 0 aliphatic heterocycles. The van der Waals surface area contributed by atoms with Crippen molar-refractivity contribution in [1.29, 1.82) is 0 Å². The van der Waals surface area contributed by atoms with Crippen LogP contribution in [0.5, 0.6) is 11.5 Å². The fraction of sp³-hybridized carbons (Fsp3) is 0.259. The standard InChI is InChI=1S/C27H29FN4O3S2/c1-6-29-27(34)23-13-21-26(36-23)24(33)17(5)14-32(21)20-12-19(31-37-30-7-2)8-9-22(20)35-25-15(3)10-18(28)11-16(25)4/h8-14,30-31H,6-7H2,1-5H3,(H,29,34). The van der Waals surface area contributed by atoms with Crippen LogP contribution in [0.3, 0.4) is 0 Å². The predicted molar refractivity (Wildman–Crippen MR) is 151 cm³/mol. The molecule has 194 valence electrons. The van der Waals surface area contributed by atoms with E-state index in [0.717, 1.165) is 12.2 Å². The summed E-state index contributed by atoms with van der Waals surface area (Å²) in [6.45, 7) is 10.5. The van der Waals surface area contributed by atoms with Gasteiger partial charge in [0.25, 0.3) is 5.91 Å². The van der Waals surface area contributed by atoms with E-state index in [9.17, 15) is 14.0 Å². The highest BCUT2D eigenvalue weighted by Gasteiger charge is 2.19. The van der Waals surface area contributed by atoms with Crippen LogP contribution >= 0.6 is 23.5 Å². The molecule has 0 spiro atoms. The Kier molecular flexibility index (Phi) is 8.21. The highest BCUT2D eigenvalue weighted by Crippen LogP contribution is 2.37. The van der Waals surface area contributed by atoms with E-state index in [-0.39, 0.29) is 17.2 Å². The number of aryl methyl sites for hydroxylation is 3. The smallest absolute Gasteiger partial charge is 0.261 e. The van der Waals surface area contributed by atoms with E-state index in [1.54, 1.807) is 33.0 Å². The van der Waals surface area contributed by atoms with Gasteiger partial charge in [0.15, 0.2) is 5.75 Å². The van der Waals surface area contributed by atoms with Crippen LogP contribution in [0.25, 0.3) is 15.9 Å². The molecule has 0 radical (unpaired) electrons. The maximum atomic E-state index is 13.9. The molecule has 0 bridgehead atoms. The first-order valence-electron chi connectivity index (χ1n) is 11.9. The van der Waals surface area contributed by atoms with Crippen LogP contribution in [0.1, 0.15) is 40.2 Å². The van der Waals surface area contributed by atoms with Gasteiger partial charge in [-0.1, -0.05) is 6.92 Å². The molecule has 2 heterocycles. The molecular weight excluding hydrogens is 511 g/mol. The molecule has 0 fully saturated rings. The molecule has 10 heteroatoms. The summed E-state index contributed by atoms with van der Waals surface area (Å²) in [4.78, 5) is 26.1. The summed E-state index contributed by atoms with van der Waals surface area (Å²) in [6.07, 6.45) is 1.76. The molecule has 0 saturated carbocycles. The minimum absolute atomic E-state index is 0.114. The third-order valence-electron chi connectivity index (χ3n) is 5.66. The zero-order valence-corrected chi connectivity index (χ0v) is 23.0. The summed E-state index contributed by atoms with van der Waals surface area (Å²) < 4.78 is 29.1. The number of amides is 1. The Morgan fingerprint density at radius 1 is 1.05 bits per heavy atom. The number of thiophene rings is 1. The summed E-state index contributed by atoms with van der Waals surface area (Å²) in [5, 5.41) is 2.80. The van der Waals surface area contributed by atoms with Crippen molar-refractivity contribution in [3.63, 3.8) is 0 Å². The number of anilines is 1. The molecule has 2 aromatic carbocycles. The van der Waals surface area contributed by atoms with E-state index in [4.69, 9.17) is 4.74 Å². The second kappa shape index (κ2) is 11.4. The lowest BCUT2D eigenvalue weighted by molar-refractivity contribution is 0.0960. The van der Waals surface area contributed by atoms with Crippen LogP contribution in [-0.2, 0) is 0 Å². The number of rotatable bonds is 9. The van der Waals surface area contributed by atoms with Gasteiger partial charge < -0.3 is 19.3 Å². The van der Waals surface area contributed by atoms with E-state index < -0.39 is 0 Å². The first-order valence-corrected chi connectivity index (χ1v) is 13.5. The molecule has 37 heavy (non-hydrogen) atoms. The fourth-order valence-corrected chi connectivity index (χ4v) is 5.51. The molecule has 0 aliphatic rings. The Morgan fingerprint density at radius 3 is 2.46 bits per heavy atom. The fourth-order valence-electron chi connectivity index (χ4n) is 3.97. The van der Waals surface area contributed by atoms with Gasteiger partial charge in [-0.25, -0.2) is 9.11 Å². The van der Waals surface area contributed by atoms with E-state index in [1.165, 1.54) is 35.6 Å². The highest BCUT2D eigenvalue weighted by atomic mass is 32.2. The number of hydrogen-bond acceptors (Lipinski definition) is 7. The molecule has 0 atom stereocenters. The van der Waals surface area contributed by atoms with Gasteiger partial charge in [-0.3, -0.25) is 9.59 Å². The average molecular weight is 541 g/mol. The third-order valence-corrected chi connectivity index (χ3v) is 7.55. The third kappa shape index (κ3) is 5.66. The van der Waals surface area contributed by atoms with Crippen LogP contribution in [0, 0.1) is 26.6 Å². The Bertz CT molecular complexity index is 1510. The van der Waals surface area contributed by atoms with Crippen molar-refractivity contribution in [2.75, 3.05) is 17.8 Å². The molecule has 4 rings (SSSR count). The molecule has 7 nitrogen and oxygen atoms in total. The van der Waals surface area contributed by atoms with Crippen molar-refractivity contribution in [2.45, 2.75) is 34.6 Å². The molecule has 0 unspecified atom stereocenters. The second-order valence-corrected chi connectivity index (χ2v) is 10.3. The number of carbonyl (C=O) groups is 1. The summed E-state index contributed by atoms with van der Waals surface area (Å²) >= 11 is 2.53. The van der Waals surface area contributed by atoms with Crippen LogP contribution in [-0.4, -0.2) is 23.6 Å². The molecule has 4 aromatic rings. The van der Waals surface area contributed by atoms with Gasteiger partial charge in [0.05, 0.1) is 20.8 Å². The van der Waals surface area contributed by atoms with Crippen LogP contribution < -0.4 is 24.9 Å². The predicted octanol–water partition coefficient (Wildman–Crippen LogP) is 6.24. The second-order valence-electron chi connectivity index (χ2n) is 8.55. The molecule has 2 aromatic heterocycles. The number of carbonyl (C=O) groups excluding carboxylic acids is 1. The van der Waals surface area contributed by atoms with Gasteiger partial charge in [-0.2, -0.15) is 0 Å². The van der Waals surface area contributed by atoms with Gasteiger partial charge in [0.1, 0.15) is 11.6 Å². The monoisotopic (exact) mass is 540 g/mol. The minimum atomic E-state index is -0.323. The lowest BCUT2D eigenvalue weighted by Crippen LogP contribution is -2.21. The molecule has 0 aliphatic carbocycles. The summed E-state index contributed by atoms with van der Waals surface area (Å²) in [6, 6.07) is 10.2. The highest BCUT2D eigenvalue weighted by molar-refractivity contribution is 7.98. The minimum Gasteiger partial charge on any atom is -0.455 e. The Labute approximate surface area is 223 Å². The normalized spacial score (nSPS) is 11.1. The number of aromatic nitrogens is 1. The number of ether oxygens (including phenoxy) is 1. The van der Waals surface area contributed by atoms with E-state index in [2.05, 4.69) is 14.8 Å². The molecular formula is C27H29FN4O3S2. The van der Waals surface area contributed by atoms with Crippen molar-refractivity contribution in [2.24, 2.45) is 0 Å². The largest absolute Gasteiger partial charge is 0.455 e. The van der Waals surface area contributed by atoms with Crippen LogP contribution in [0.15, 0.2) is 47.4 Å². The summed E-state index contributed by atoms with van der Waals surface area (Å²) in [7, 11) is 0. The van der Waals surface area contributed by atoms with Gasteiger partial charge in [0, 0.05) is 42.7 Å². The van der Waals surface area contributed by atoms with E-state index in [1.807, 2.05) is 36.6 Å². The Hall–Kier alpha value is -3.34. The Balaban J connectivity index is 1.92. The number of nitrogens with zero attached hydrogens (tertiary/aromatic N) is 1. The number of nitrogens with one attached hydrogen (secondary N) is 3. The lowest BCUT2D eigenvalue weighted by Gasteiger charge is -2.19. The quantitative estimate of drug-likeness (QED) is 0.172. The van der Waals surface area contributed by atoms with Crippen LogP contribution in [0.4, 0.5) is 10.1 Å². The van der Waals surface area contributed by atoms with Gasteiger partial charge in [-0.15, -0.1) is 11.3 Å². The summed E-state index contributed by atoms with van der Waals surface area (Å²) in [5.74, 6) is 0.537. The van der Waals surface area contributed by atoms with E-state index in [0.29, 0.717) is 55.5 Å². The Morgan fingerprint density at radius 2 is 1.78 bits per heavy atom. The zero-order valence-electron chi connectivity index (χ0n) is 21.3. The van der Waals surface area contributed by atoms with Crippen molar-refractivity contribution < 1.29 is 13.9 Å². The number of benzene rings is 2. The van der Waals surface area contributed by atoms with Gasteiger partial charge in [0.2, 0.25) is 5.43 Å². The first-order chi connectivity index (χ1) is 17.7. The molecule has 0 saturated heterocycles. The van der Waals surface area contributed by atoms with Crippen LogP contribution in [0.2, 0.25) is 0 Å². The number of fused-ring (bicyclic) bond motifs is 1. The zero-order chi connectivity index (χ0) is 26.7. The van der Waals surface area contributed by atoms with Crippen molar-refractivity contribution in [3.8, 4) is 17.2 Å².